The summed E-state index contributed by atoms with van der Waals surface area (Å²) < 4.78 is 0. The summed E-state index contributed by atoms with van der Waals surface area (Å²) in [5.74, 6) is -1.12. The van der Waals surface area contributed by atoms with Gasteiger partial charge in [-0.2, -0.15) is 0 Å². The van der Waals surface area contributed by atoms with Gasteiger partial charge in [-0.05, 0) is 55.0 Å². The molecule has 0 fully saturated rings. The number of rotatable bonds is 11. The molecule has 8 rings (SSSR count). The van der Waals surface area contributed by atoms with E-state index in [2.05, 4.69) is 0 Å². The van der Waals surface area contributed by atoms with Crippen molar-refractivity contribution in [3.8, 4) is 46.0 Å². The highest BCUT2D eigenvalue weighted by Crippen LogP contribution is 2.51. The lowest BCUT2D eigenvalue weighted by Crippen LogP contribution is -2.15. The van der Waals surface area contributed by atoms with Gasteiger partial charge in [-0.3, -0.25) is 0 Å². The fourth-order valence-corrected chi connectivity index (χ4v) is 8.26. The minimum atomic E-state index is -0.575. The van der Waals surface area contributed by atoms with Crippen molar-refractivity contribution in [1.82, 2.24) is 0 Å². The van der Waals surface area contributed by atoms with Gasteiger partial charge in [0.2, 0.25) is 0 Å². The summed E-state index contributed by atoms with van der Waals surface area (Å²) in [6.07, 6.45) is 0.407. The van der Waals surface area contributed by atoms with Gasteiger partial charge < -0.3 is 40.9 Å². The van der Waals surface area contributed by atoms with Crippen molar-refractivity contribution >= 4 is 0 Å². The Kier molecular flexibility index (Phi) is 12.8. The number of phenolic OH excluding ortho intramolecular Hbond substituents is 8. The molecule has 8 N–H and O–H groups in total. The highest BCUT2D eigenvalue weighted by atomic mass is 16.3. The molecule has 8 aromatic rings. The van der Waals surface area contributed by atoms with Crippen LogP contribution >= 0.6 is 0 Å². The lowest BCUT2D eigenvalue weighted by Gasteiger charge is -2.31. The summed E-state index contributed by atoms with van der Waals surface area (Å²) in [5.41, 5.74) is 4.98. The van der Waals surface area contributed by atoms with Gasteiger partial charge in [0, 0.05) is 68.2 Å². The third-order valence-electron chi connectivity index (χ3n) is 11.1. The van der Waals surface area contributed by atoms with Gasteiger partial charge in [0.15, 0.2) is 0 Å². The van der Waals surface area contributed by atoms with E-state index in [0.717, 1.165) is 0 Å². The van der Waals surface area contributed by atoms with Crippen LogP contribution in [0.25, 0.3) is 0 Å². The molecule has 0 saturated heterocycles. The van der Waals surface area contributed by atoms with Crippen LogP contribution in [0.1, 0.15) is 74.6 Å². The number of para-hydroxylation sites is 8. The quantitative estimate of drug-likeness (QED) is 0.0640. The minimum absolute atomic E-state index is 0.0709. The first kappa shape index (κ1) is 41.3. The van der Waals surface area contributed by atoms with E-state index in [4.69, 9.17) is 0 Å². The van der Waals surface area contributed by atoms with E-state index in [1.165, 1.54) is 0 Å². The van der Waals surface area contributed by atoms with Crippen LogP contribution in [-0.4, -0.2) is 40.9 Å². The Bertz CT molecular complexity index is 2360. The molecular formula is C53H46O8. The highest BCUT2D eigenvalue weighted by Gasteiger charge is 2.34. The zero-order valence-corrected chi connectivity index (χ0v) is 33.1. The normalized spacial score (nSPS) is 11.1. The van der Waals surface area contributed by atoms with Crippen molar-refractivity contribution in [2.75, 3.05) is 0 Å². The maximum atomic E-state index is 10.7. The second-order valence-corrected chi connectivity index (χ2v) is 14.8. The predicted molar refractivity (Wildman–Crippen MR) is 237 cm³/mol. The number of hydrogen-bond donors (Lipinski definition) is 8. The molecule has 0 aliphatic heterocycles. The molecular weight excluding hydrogens is 765 g/mol. The maximum Gasteiger partial charge on any atom is 0.119 e. The van der Waals surface area contributed by atoms with Crippen LogP contribution in [-0.2, 0) is 0 Å². The topological polar surface area (TPSA) is 162 Å². The summed E-state index contributed by atoms with van der Waals surface area (Å²) in [6, 6.07) is 55.9. The van der Waals surface area contributed by atoms with Crippen LogP contribution in [0.2, 0.25) is 0 Å². The summed E-state index contributed by atoms with van der Waals surface area (Å²) in [4.78, 5) is 0. The highest BCUT2D eigenvalue weighted by molar-refractivity contribution is 5.57. The monoisotopic (exact) mass is 810 g/mol. The Balaban J connectivity index is 0.000000184. The lowest BCUT2D eigenvalue weighted by atomic mass is 9.72. The largest absolute Gasteiger partial charge is 0.508 e. The molecule has 0 amide bonds. The van der Waals surface area contributed by atoms with Crippen LogP contribution in [0.15, 0.2) is 194 Å². The fraction of sp³-hybridized carbons (Fsp3) is 0.0943. The average Bonchev–Trinajstić information content (AvgIpc) is 3.26. The average molecular weight is 811 g/mol. The zero-order chi connectivity index (χ0) is 42.9. The van der Waals surface area contributed by atoms with Gasteiger partial charge >= 0.3 is 0 Å². The fourth-order valence-electron chi connectivity index (χ4n) is 8.26. The standard InChI is InChI=1S/C27H24O4.C26H22O4/c28-24-13-5-1-9-18(24)22(19-10-2-6-14-25(19)29)17-23(20-11-3-7-15-26(20)30)21-12-4-8-16-27(21)31;27-21-13-5-1-9-17(21)25(18-10-2-6-14-22(18)28)26(19-11-3-7-15-23(19)29)20-12-4-8-16-24(20)30/h1-16,22-23,28-31H,17H2;1-16,25-30H. The van der Waals surface area contributed by atoms with Gasteiger partial charge in [-0.1, -0.05) is 146 Å². The Hall–Kier alpha value is -7.84. The van der Waals surface area contributed by atoms with Crippen LogP contribution in [0.3, 0.4) is 0 Å². The Morgan fingerprint density at radius 1 is 0.213 bits per heavy atom. The molecule has 61 heavy (non-hydrogen) atoms. The van der Waals surface area contributed by atoms with Crippen LogP contribution in [0.5, 0.6) is 46.0 Å². The summed E-state index contributed by atoms with van der Waals surface area (Å²) in [7, 11) is 0. The maximum absolute atomic E-state index is 10.7. The molecule has 0 aliphatic carbocycles. The van der Waals surface area contributed by atoms with Gasteiger partial charge in [-0.25, -0.2) is 0 Å². The van der Waals surface area contributed by atoms with Gasteiger partial charge in [0.1, 0.15) is 46.0 Å². The molecule has 0 unspecified atom stereocenters. The van der Waals surface area contributed by atoms with Crippen molar-refractivity contribution in [2.24, 2.45) is 0 Å². The van der Waals surface area contributed by atoms with E-state index in [1.807, 2.05) is 72.8 Å². The number of benzene rings is 8. The number of aromatic hydroxyl groups is 8. The van der Waals surface area contributed by atoms with Crippen molar-refractivity contribution in [1.29, 1.82) is 0 Å². The van der Waals surface area contributed by atoms with E-state index < -0.39 is 11.8 Å². The van der Waals surface area contributed by atoms with Crippen molar-refractivity contribution < 1.29 is 40.9 Å². The second-order valence-electron chi connectivity index (χ2n) is 14.8. The second kappa shape index (κ2) is 18.8. The van der Waals surface area contributed by atoms with Crippen molar-refractivity contribution in [3.63, 3.8) is 0 Å². The Morgan fingerprint density at radius 3 is 0.525 bits per heavy atom. The van der Waals surface area contributed by atoms with E-state index >= 15 is 0 Å². The summed E-state index contributed by atoms with van der Waals surface area (Å²) >= 11 is 0. The molecule has 8 aromatic carbocycles. The molecule has 8 heteroatoms. The number of phenols is 8. The molecule has 0 bridgehead atoms. The van der Waals surface area contributed by atoms with E-state index in [9.17, 15) is 40.9 Å². The third kappa shape index (κ3) is 9.09. The predicted octanol–water partition coefficient (Wildman–Crippen LogP) is 11.3. The first-order valence-corrected chi connectivity index (χ1v) is 19.9. The molecule has 0 atom stereocenters. The Labute approximate surface area is 354 Å². The smallest absolute Gasteiger partial charge is 0.119 e. The molecule has 0 spiro atoms. The first-order valence-electron chi connectivity index (χ1n) is 19.9. The van der Waals surface area contributed by atoms with Crippen molar-refractivity contribution in [2.45, 2.75) is 30.1 Å². The summed E-state index contributed by atoms with van der Waals surface area (Å²) in [5, 5.41) is 85.3. The molecule has 0 aliphatic rings. The SMILES string of the molecule is Oc1ccccc1C(CC(c1ccccc1O)c1ccccc1O)c1ccccc1O.Oc1ccccc1C(c1ccccc1O)C(c1ccccc1O)c1ccccc1O. The van der Waals surface area contributed by atoms with Crippen molar-refractivity contribution in [3.05, 3.63) is 239 Å². The molecule has 0 radical (unpaired) electrons. The first-order chi connectivity index (χ1) is 29.6. The van der Waals surface area contributed by atoms with E-state index in [-0.39, 0.29) is 57.8 Å². The lowest BCUT2D eigenvalue weighted by molar-refractivity contribution is 0.432. The molecule has 0 saturated carbocycles. The van der Waals surface area contributed by atoms with Gasteiger partial charge in [0.05, 0.1) is 0 Å². The molecule has 0 heterocycles. The molecule has 306 valence electrons. The minimum Gasteiger partial charge on any atom is -0.508 e. The molecule has 0 aromatic heterocycles. The summed E-state index contributed by atoms with van der Waals surface area (Å²) in [6.45, 7) is 0. The van der Waals surface area contributed by atoms with Gasteiger partial charge in [0.25, 0.3) is 0 Å². The van der Waals surface area contributed by atoms with Crippen LogP contribution in [0, 0.1) is 0 Å². The van der Waals surface area contributed by atoms with Crippen LogP contribution < -0.4 is 0 Å². The van der Waals surface area contributed by atoms with E-state index in [1.54, 1.807) is 121 Å². The Morgan fingerprint density at radius 2 is 0.361 bits per heavy atom. The molecule has 8 nitrogen and oxygen atoms in total. The van der Waals surface area contributed by atoms with Gasteiger partial charge in [-0.15, -0.1) is 0 Å². The van der Waals surface area contributed by atoms with Crippen LogP contribution in [0.4, 0.5) is 0 Å². The zero-order valence-electron chi connectivity index (χ0n) is 33.1. The van der Waals surface area contributed by atoms with E-state index in [0.29, 0.717) is 50.9 Å². The third-order valence-corrected chi connectivity index (χ3v) is 11.1. The number of hydrogen-bond acceptors (Lipinski definition) is 8.